The van der Waals surface area contributed by atoms with E-state index in [2.05, 4.69) is 5.32 Å². The average Bonchev–Trinajstić information content (AvgIpc) is 2.26. The van der Waals surface area contributed by atoms with Crippen LogP contribution >= 0.6 is 0 Å². The third-order valence-corrected chi connectivity index (χ3v) is 2.31. The molecule has 0 bridgehead atoms. The Labute approximate surface area is 103 Å². The first kappa shape index (κ1) is 15.9. The van der Waals surface area contributed by atoms with Crippen LogP contribution in [0.2, 0.25) is 0 Å². The molecule has 0 aliphatic carbocycles. The van der Waals surface area contributed by atoms with Gasteiger partial charge in [-0.2, -0.15) is 0 Å². The van der Waals surface area contributed by atoms with Crippen LogP contribution < -0.4 is 5.32 Å². The van der Waals surface area contributed by atoms with Crippen LogP contribution in [0.4, 0.5) is 0 Å². The van der Waals surface area contributed by atoms with Gasteiger partial charge in [-0.3, -0.25) is 9.59 Å². The third-order valence-electron chi connectivity index (χ3n) is 2.31. The van der Waals surface area contributed by atoms with Crippen molar-refractivity contribution in [3.05, 3.63) is 0 Å². The second-order valence-electron chi connectivity index (χ2n) is 4.63. The lowest BCUT2D eigenvalue weighted by molar-refractivity contribution is -0.134. The first-order valence-corrected chi connectivity index (χ1v) is 6.09. The molecule has 0 aromatic rings. The van der Waals surface area contributed by atoms with Crippen LogP contribution in [-0.2, 0) is 9.59 Å². The van der Waals surface area contributed by atoms with Gasteiger partial charge in [-0.15, -0.1) is 0 Å². The Balaban J connectivity index is 3.78. The Morgan fingerprint density at radius 2 is 1.94 bits per heavy atom. The largest absolute Gasteiger partial charge is 0.396 e. The van der Waals surface area contributed by atoms with Crippen molar-refractivity contribution < 1.29 is 14.7 Å². The highest BCUT2D eigenvalue weighted by Crippen LogP contribution is 1.98. The van der Waals surface area contributed by atoms with Gasteiger partial charge in [0.2, 0.25) is 11.8 Å². The van der Waals surface area contributed by atoms with Gasteiger partial charge in [-0.05, 0) is 18.8 Å². The molecule has 0 heterocycles. The highest BCUT2D eigenvalue weighted by atomic mass is 16.3. The van der Waals surface area contributed by atoms with E-state index >= 15 is 0 Å². The zero-order chi connectivity index (χ0) is 13.3. The standard InChI is InChI=1S/C12H24N2O3/c1-10(2)8-13-11(16)9-14(3)12(17)6-4-5-7-15/h10,15H,4-9H2,1-3H3,(H,13,16). The molecule has 5 heteroatoms. The predicted molar refractivity (Wildman–Crippen MR) is 66.4 cm³/mol. The Kier molecular flexibility index (Phi) is 8.40. The molecule has 0 aromatic carbocycles. The summed E-state index contributed by atoms with van der Waals surface area (Å²) in [6.07, 6.45) is 1.67. The molecule has 0 aromatic heterocycles. The zero-order valence-corrected chi connectivity index (χ0v) is 11.0. The second-order valence-corrected chi connectivity index (χ2v) is 4.63. The molecule has 0 radical (unpaired) electrons. The van der Waals surface area contributed by atoms with Crippen LogP contribution in [0.25, 0.3) is 0 Å². The monoisotopic (exact) mass is 244 g/mol. The first-order valence-electron chi connectivity index (χ1n) is 6.09. The molecule has 2 N–H and O–H groups in total. The Morgan fingerprint density at radius 1 is 1.29 bits per heavy atom. The van der Waals surface area contributed by atoms with Crippen LogP contribution in [-0.4, -0.2) is 48.6 Å². The maximum Gasteiger partial charge on any atom is 0.239 e. The molecule has 0 rings (SSSR count). The lowest BCUT2D eigenvalue weighted by Gasteiger charge is -2.17. The van der Waals surface area contributed by atoms with E-state index in [1.807, 2.05) is 13.8 Å². The van der Waals surface area contributed by atoms with Crippen LogP contribution in [0.15, 0.2) is 0 Å². The van der Waals surface area contributed by atoms with Gasteiger partial charge in [-0.1, -0.05) is 13.8 Å². The minimum atomic E-state index is -0.128. The molecule has 0 spiro atoms. The minimum Gasteiger partial charge on any atom is -0.396 e. The molecule has 0 atom stereocenters. The number of hydrogen-bond acceptors (Lipinski definition) is 3. The quantitative estimate of drug-likeness (QED) is 0.606. The smallest absolute Gasteiger partial charge is 0.239 e. The topological polar surface area (TPSA) is 69.6 Å². The highest BCUT2D eigenvalue weighted by molar-refractivity contribution is 5.84. The van der Waals surface area contributed by atoms with E-state index < -0.39 is 0 Å². The molecular formula is C12H24N2O3. The van der Waals surface area contributed by atoms with E-state index in [1.165, 1.54) is 4.90 Å². The van der Waals surface area contributed by atoms with Crippen molar-refractivity contribution in [2.24, 2.45) is 5.92 Å². The van der Waals surface area contributed by atoms with Gasteiger partial charge < -0.3 is 15.3 Å². The van der Waals surface area contributed by atoms with Gasteiger partial charge in [0.1, 0.15) is 0 Å². The van der Waals surface area contributed by atoms with Crippen molar-refractivity contribution in [2.45, 2.75) is 33.1 Å². The van der Waals surface area contributed by atoms with Crippen LogP contribution in [0.1, 0.15) is 33.1 Å². The van der Waals surface area contributed by atoms with Gasteiger partial charge >= 0.3 is 0 Å². The highest BCUT2D eigenvalue weighted by Gasteiger charge is 2.12. The van der Waals surface area contributed by atoms with Gasteiger partial charge in [0.15, 0.2) is 0 Å². The fourth-order valence-electron chi connectivity index (χ4n) is 1.26. The van der Waals surface area contributed by atoms with Gasteiger partial charge in [0.05, 0.1) is 6.54 Å². The van der Waals surface area contributed by atoms with Gasteiger partial charge in [0.25, 0.3) is 0 Å². The van der Waals surface area contributed by atoms with Crippen molar-refractivity contribution in [1.29, 1.82) is 0 Å². The lowest BCUT2D eigenvalue weighted by atomic mass is 10.2. The fraction of sp³-hybridized carbons (Fsp3) is 0.833. The third kappa shape index (κ3) is 8.68. The van der Waals surface area contributed by atoms with E-state index in [-0.39, 0.29) is 25.0 Å². The summed E-state index contributed by atoms with van der Waals surface area (Å²) < 4.78 is 0. The number of amides is 2. The molecular weight excluding hydrogens is 220 g/mol. The van der Waals surface area contributed by atoms with Gasteiger partial charge in [0, 0.05) is 26.6 Å². The van der Waals surface area contributed by atoms with Crippen molar-refractivity contribution in [3.8, 4) is 0 Å². The Morgan fingerprint density at radius 3 is 2.47 bits per heavy atom. The molecule has 17 heavy (non-hydrogen) atoms. The second kappa shape index (κ2) is 8.98. The maximum atomic E-state index is 11.6. The van der Waals surface area contributed by atoms with Crippen molar-refractivity contribution in [2.75, 3.05) is 26.7 Å². The molecule has 0 aliphatic heterocycles. The summed E-state index contributed by atoms with van der Waals surface area (Å²) in [7, 11) is 1.62. The molecule has 100 valence electrons. The maximum absolute atomic E-state index is 11.6. The van der Waals surface area contributed by atoms with E-state index in [0.717, 1.165) is 0 Å². The Bertz CT molecular complexity index is 242. The molecule has 0 saturated heterocycles. The number of aliphatic hydroxyl groups is 1. The molecule has 0 saturated carbocycles. The summed E-state index contributed by atoms with van der Waals surface area (Å²) in [4.78, 5) is 24.4. The first-order chi connectivity index (χ1) is 7.97. The summed E-state index contributed by atoms with van der Waals surface area (Å²) in [6, 6.07) is 0. The van der Waals surface area contributed by atoms with E-state index in [4.69, 9.17) is 5.11 Å². The fourth-order valence-corrected chi connectivity index (χ4v) is 1.26. The predicted octanol–water partition coefficient (Wildman–Crippen LogP) is 0.380. The number of nitrogens with zero attached hydrogens (tertiary/aromatic N) is 1. The summed E-state index contributed by atoms with van der Waals surface area (Å²) in [5.74, 6) is 0.222. The zero-order valence-electron chi connectivity index (χ0n) is 11.0. The summed E-state index contributed by atoms with van der Waals surface area (Å²) in [5, 5.41) is 11.4. The molecule has 0 aliphatic rings. The average molecular weight is 244 g/mol. The van der Waals surface area contributed by atoms with Crippen LogP contribution in [0, 0.1) is 5.92 Å². The van der Waals surface area contributed by atoms with Crippen molar-refractivity contribution in [3.63, 3.8) is 0 Å². The van der Waals surface area contributed by atoms with E-state index in [1.54, 1.807) is 7.05 Å². The number of carbonyl (C=O) groups is 2. The van der Waals surface area contributed by atoms with Crippen LogP contribution in [0.3, 0.4) is 0 Å². The number of unbranched alkanes of at least 4 members (excludes halogenated alkanes) is 1. The van der Waals surface area contributed by atoms with E-state index in [0.29, 0.717) is 31.7 Å². The summed E-state index contributed by atoms with van der Waals surface area (Å²) in [5.41, 5.74) is 0. The SMILES string of the molecule is CC(C)CNC(=O)CN(C)C(=O)CCCCO. The van der Waals surface area contributed by atoms with Crippen molar-refractivity contribution in [1.82, 2.24) is 10.2 Å². The number of rotatable bonds is 8. The minimum absolute atomic E-state index is 0.0573. The number of likely N-dealkylation sites (N-methyl/N-ethyl adjacent to an activating group) is 1. The van der Waals surface area contributed by atoms with Crippen molar-refractivity contribution >= 4 is 11.8 Å². The molecule has 0 fully saturated rings. The van der Waals surface area contributed by atoms with Gasteiger partial charge in [-0.25, -0.2) is 0 Å². The number of nitrogens with one attached hydrogen (secondary N) is 1. The summed E-state index contributed by atoms with van der Waals surface area (Å²) >= 11 is 0. The number of aliphatic hydroxyl groups excluding tert-OH is 1. The molecule has 2 amide bonds. The molecule has 5 nitrogen and oxygen atoms in total. The number of hydrogen-bond donors (Lipinski definition) is 2. The number of carbonyl (C=O) groups excluding carboxylic acids is 2. The molecule has 0 unspecified atom stereocenters. The normalized spacial score (nSPS) is 10.4. The summed E-state index contributed by atoms with van der Waals surface area (Å²) in [6.45, 7) is 4.87. The lowest BCUT2D eigenvalue weighted by Crippen LogP contribution is -2.39. The van der Waals surface area contributed by atoms with Crippen LogP contribution in [0.5, 0.6) is 0 Å². The van der Waals surface area contributed by atoms with E-state index in [9.17, 15) is 9.59 Å². The Hall–Kier alpha value is -1.10.